The first kappa shape index (κ1) is 14.4. The van der Waals surface area contributed by atoms with Crippen LogP contribution in [0.4, 0.5) is 5.69 Å². The summed E-state index contributed by atoms with van der Waals surface area (Å²) in [6, 6.07) is 8.66. The molecule has 1 fully saturated rings. The van der Waals surface area contributed by atoms with Crippen molar-refractivity contribution in [2.45, 2.75) is 44.2 Å². The fourth-order valence-electron chi connectivity index (χ4n) is 3.31. The molecule has 0 radical (unpaired) electrons. The number of rotatable bonds is 4. The molecule has 2 atom stereocenters. The van der Waals surface area contributed by atoms with Crippen molar-refractivity contribution in [2.24, 2.45) is 5.73 Å². The van der Waals surface area contributed by atoms with Crippen molar-refractivity contribution in [3.63, 3.8) is 0 Å². The fraction of sp³-hybridized carbons (Fsp3) is 0.625. The summed E-state index contributed by atoms with van der Waals surface area (Å²) in [5, 5.41) is 0. The molecule has 0 aliphatic heterocycles. The van der Waals surface area contributed by atoms with Gasteiger partial charge in [0.25, 0.3) is 0 Å². The van der Waals surface area contributed by atoms with E-state index in [9.17, 15) is 0 Å². The van der Waals surface area contributed by atoms with Crippen molar-refractivity contribution in [3.05, 3.63) is 29.8 Å². The van der Waals surface area contributed by atoms with Crippen molar-refractivity contribution in [1.29, 1.82) is 0 Å². The lowest BCUT2D eigenvalue weighted by atomic mass is 9.77. The van der Waals surface area contributed by atoms with Crippen molar-refractivity contribution in [3.8, 4) is 0 Å². The predicted octanol–water partition coefficient (Wildman–Crippen LogP) is 2.72. The zero-order valence-electron chi connectivity index (χ0n) is 12.4. The van der Waals surface area contributed by atoms with E-state index >= 15 is 0 Å². The summed E-state index contributed by atoms with van der Waals surface area (Å²) in [5.41, 5.74) is 8.59. The molecule has 1 aliphatic carbocycles. The third kappa shape index (κ3) is 2.63. The second kappa shape index (κ2) is 5.93. The molecule has 1 aliphatic rings. The Morgan fingerprint density at radius 2 is 2.00 bits per heavy atom. The summed E-state index contributed by atoms with van der Waals surface area (Å²) < 4.78 is 5.74. The van der Waals surface area contributed by atoms with Crippen LogP contribution < -0.4 is 10.6 Å². The summed E-state index contributed by atoms with van der Waals surface area (Å²) in [7, 11) is 3.96. The highest BCUT2D eigenvalue weighted by Crippen LogP contribution is 2.36. The largest absolute Gasteiger partial charge is 0.379 e. The normalized spacial score (nSPS) is 27.3. The van der Waals surface area contributed by atoms with Gasteiger partial charge < -0.3 is 15.4 Å². The van der Waals surface area contributed by atoms with Crippen LogP contribution in [-0.4, -0.2) is 32.3 Å². The van der Waals surface area contributed by atoms with Crippen molar-refractivity contribution >= 4 is 5.69 Å². The van der Waals surface area contributed by atoms with Gasteiger partial charge in [0.2, 0.25) is 0 Å². The third-order valence-corrected chi connectivity index (χ3v) is 4.65. The molecule has 1 aromatic carbocycles. The standard InChI is InChI=1S/C16H26N2O/c1-13-7-9-14(10-8-13)18(2)16(12-17)11-5-4-6-15(16)19-3/h7-10,15H,4-6,11-12,17H2,1-3H3. The lowest BCUT2D eigenvalue weighted by molar-refractivity contribution is 0.00770. The molecular weight excluding hydrogens is 236 g/mol. The molecule has 2 unspecified atom stereocenters. The van der Waals surface area contributed by atoms with E-state index < -0.39 is 0 Å². The highest BCUT2D eigenvalue weighted by atomic mass is 16.5. The Hall–Kier alpha value is -1.06. The van der Waals surface area contributed by atoms with E-state index in [4.69, 9.17) is 10.5 Å². The van der Waals surface area contributed by atoms with Crippen LogP contribution in [0.1, 0.15) is 31.2 Å². The molecule has 1 aromatic rings. The average molecular weight is 262 g/mol. The van der Waals surface area contributed by atoms with Gasteiger partial charge >= 0.3 is 0 Å². The van der Waals surface area contributed by atoms with Crippen molar-refractivity contribution in [1.82, 2.24) is 0 Å². The molecule has 0 saturated heterocycles. The topological polar surface area (TPSA) is 38.5 Å². The van der Waals surface area contributed by atoms with Crippen molar-refractivity contribution < 1.29 is 4.74 Å². The molecule has 0 aromatic heterocycles. The number of nitrogens with zero attached hydrogens (tertiary/aromatic N) is 1. The zero-order valence-corrected chi connectivity index (χ0v) is 12.4. The lowest BCUT2D eigenvalue weighted by Gasteiger charge is -2.49. The van der Waals surface area contributed by atoms with Crippen LogP contribution in [0.25, 0.3) is 0 Å². The van der Waals surface area contributed by atoms with Gasteiger partial charge in [0.1, 0.15) is 0 Å². The number of aryl methyl sites for hydroxylation is 1. The van der Waals surface area contributed by atoms with E-state index in [1.807, 2.05) is 7.11 Å². The quantitative estimate of drug-likeness (QED) is 0.906. The first-order valence-corrected chi connectivity index (χ1v) is 7.17. The monoisotopic (exact) mass is 262 g/mol. The van der Waals surface area contributed by atoms with Crippen LogP contribution in [0.2, 0.25) is 0 Å². The molecule has 19 heavy (non-hydrogen) atoms. The summed E-state index contributed by atoms with van der Waals surface area (Å²) in [5.74, 6) is 0. The molecule has 2 N–H and O–H groups in total. The molecule has 0 spiro atoms. The van der Waals surface area contributed by atoms with Crippen molar-refractivity contribution in [2.75, 3.05) is 25.6 Å². The van der Waals surface area contributed by atoms with E-state index in [-0.39, 0.29) is 11.6 Å². The van der Waals surface area contributed by atoms with E-state index in [1.54, 1.807) is 0 Å². The highest BCUT2D eigenvalue weighted by molar-refractivity contribution is 5.50. The van der Waals surface area contributed by atoms with Gasteiger partial charge in [-0.05, 0) is 31.9 Å². The summed E-state index contributed by atoms with van der Waals surface area (Å²) in [6.45, 7) is 2.75. The fourth-order valence-corrected chi connectivity index (χ4v) is 3.31. The SMILES string of the molecule is COC1CCCCC1(CN)N(C)c1ccc(C)cc1. The van der Waals surface area contributed by atoms with Gasteiger partial charge in [0, 0.05) is 26.4 Å². The Morgan fingerprint density at radius 1 is 1.32 bits per heavy atom. The summed E-state index contributed by atoms with van der Waals surface area (Å²) in [4.78, 5) is 2.33. The number of benzene rings is 1. The van der Waals surface area contributed by atoms with E-state index in [0.29, 0.717) is 6.54 Å². The number of hydrogen-bond acceptors (Lipinski definition) is 3. The van der Waals surface area contributed by atoms with Crippen LogP contribution in [0.3, 0.4) is 0 Å². The van der Waals surface area contributed by atoms with Crippen LogP contribution in [-0.2, 0) is 4.74 Å². The number of methoxy groups -OCH3 is 1. The number of ether oxygens (including phenoxy) is 1. The Balaban J connectivity index is 2.30. The molecule has 3 nitrogen and oxygen atoms in total. The van der Waals surface area contributed by atoms with E-state index in [1.165, 1.54) is 24.1 Å². The predicted molar refractivity (Wildman–Crippen MR) is 80.6 cm³/mol. The molecule has 0 heterocycles. The minimum absolute atomic E-state index is 0.0672. The average Bonchev–Trinajstić information content (AvgIpc) is 2.47. The second-order valence-electron chi connectivity index (χ2n) is 5.67. The Kier molecular flexibility index (Phi) is 4.48. The molecule has 1 saturated carbocycles. The molecule has 106 valence electrons. The van der Waals surface area contributed by atoms with Gasteiger partial charge in [-0.25, -0.2) is 0 Å². The second-order valence-corrected chi connectivity index (χ2v) is 5.67. The first-order chi connectivity index (χ1) is 9.14. The maximum Gasteiger partial charge on any atom is 0.0815 e. The van der Waals surface area contributed by atoms with E-state index in [0.717, 1.165) is 12.8 Å². The van der Waals surface area contributed by atoms with E-state index in [2.05, 4.69) is 43.1 Å². The van der Waals surface area contributed by atoms with Crippen LogP contribution in [0, 0.1) is 6.92 Å². The number of nitrogens with two attached hydrogens (primary N) is 1. The summed E-state index contributed by atoms with van der Waals surface area (Å²) in [6.07, 6.45) is 4.89. The summed E-state index contributed by atoms with van der Waals surface area (Å²) >= 11 is 0. The number of hydrogen-bond donors (Lipinski definition) is 1. The van der Waals surface area contributed by atoms with Crippen LogP contribution >= 0.6 is 0 Å². The molecule has 0 amide bonds. The third-order valence-electron chi connectivity index (χ3n) is 4.65. The highest BCUT2D eigenvalue weighted by Gasteiger charge is 2.43. The molecule has 0 bridgehead atoms. The van der Waals surface area contributed by atoms with Gasteiger partial charge in [-0.3, -0.25) is 0 Å². The van der Waals surface area contributed by atoms with Crippen LogP contribution in [0.15, 0.2) is 24.3 Å². The minimum Gasteiger partial charge on any atom is -0.379 e. The zero-order chi connectivity index (χ0) is 13.9. The smallest absolute Gasteiger partial charge is 0.0815 e. The molecular formula is C16H26N2O. The van der Waals surface area contributed by atoms with Gasteiger partial charge in [-0.2, -0.15) is 0 Å². The molecule has 2 rings (SSSR count). The van der Waals surface area contributed by atoms with Gasteiger partial charge in [0.05, 0.1) is 11.6 Å². The maximum absolute atomic E-state index is 6.15. The molecule has 3 heteroatoms. The maximum atomic E-state index is 6.15. The van der Waals surface area contributed by atoms with Gasteiger partial charge in [-0.1, -0.05) is 30.5 Å². The minimum atomic E-state index is -0.0672. The Bertz CT molecular complexity index is 404. The number of anilines is 1. The van der Waals surface area contributed by atoms with Gasteiger partial charge in [0.15, 0.2) is 0 Å². The first-order valence-electron chi connectivity index (χ1n) is 7.17. The Morgan fingerprint density at radius 3 is 2.58 bits per heavy atom. The Labute approximate surface area is 116 Å². The number of likely N-dealkylation sites (N-methyl/N-ethyl adjacent to an activating group) is 1. The van der Waals surface area contributed by atoms with Gasteiger partial charge in [-0.15, -0.1) is 0 Å². The lowest BCUT2D eigenvalue weighted by Crippen LogP contribution is -2.62. The van der Waals surface area contributed by atoms with Crippen LogP contribution in [0.5, 0.6) is 0 Å².